The molecule has 10 heteroatoms. The molecule has 29 heavy (non-hydrogen) atoms. The first-order chi connectivity index (χ1) is 13.8. The van der Waals surface area contributed by atoms with E-state index in [1.807, 2.05) is 24.4 Å². The average molecular weight is 449 g/mol. The highest BCUT2D eigenvalue weighted by molar-refractivity contribution is 7.18. The van der Waals surface area contributed by atoms with Crippen LogP contribution in [0.15, 0.2) is 29.6 Å². The van der Waals surface area contributed by atoms with Crippen LogP contribution < -0.4 is 16.0 Å². The van der Waals surface area contributed by atoms with Crippen molar-refractivity contribution >= 4 is 56.9 Å². The molecule has 0 aliphatic rings. The van der Waals surface area contributed by atoms with Gasteiger partial charge < -0.3 is 16.0 Å². The van der Waals surface area contributed by atoms with Crippen molar-refractivity contribution in [3.05, 3.63) is 44.3 Å². The van der Waals surface area contributed by atoms with E-state index in [0.29, 0.717) is 16.6 Å². The quantitative estimate of drug-likeness (QED) is 0.514. The molecule has 3 rings (SSSR count). The highest BCUT2D eigenvalue weighted by Gasteiger charge is 2.20. The Kier molecular flexibility index (Phi) is 6.78. The van der Waals surface area contributed by atoms with Crippen LogP contribution in [-0.4, -0.2) is 28.7 Å². The Morgan fingerprint density at radius 3 is 2.66 bits per heavy atom. The second-order valence-electron chi connectivity index (χ2n) is 6.26. The summed E-state index contributed by atoms with van der Waals surface area (Å²) in [6.45, 7) is 5.54. The van der Waals surface area contributed by atoms with Crippen molar-refractivity contribution in [1.29, 1.82) is 0 Å². The third-order valence-electron chi connectivity index (χ3n) is 3.92. The van der Waals surface area contributed by atoms with E-state index >= 15 is 0 Å². The van der Waals surface area contributed by atoms with Gasteiger partial charge >= 0.3 is 0 Å². The van der Waals surface area contributed by atoms with Crippen molar-refractivity contribution in [3.8, 4) is 10.6 Å². The zero-order valence-corrected chi connectivity index (χ0v) is 18.5. The number of nitrogens with one attached hydrogen (secondary N) is 3. The van der Waals surface area contributed by atoms with Gasteiger partial charge in [0.15, 0.2) is 5.13 Å². The van der Waals surface area contributed by atoms with E-state index in [2.05, 4.69) is 20.9 Å². The fourth-order valence-corrected chi connectivity index (χ4v) is 4.96. The number of aromatic nitrogens is 1. The second-order valence-corrected chi connectivity index (χ2v) is 9.58. The van der Waals surface area contributed by atoms with Crippen LogP contribution in [0.4, 0.5) is 5.13 Å². The maximum atomic E-state index is 12.4. The number of carbonyl (C=O) groups excluding carboxylic acids is 3. The summed E-state index contributed by atoms with van der Waals surface area (Å²) in [6, 6.07) is 6.72. The molecule has 3 N–H and O–H groups in total. The van der Waals surface area contributed by atoms with Crippen molar-refractivity contribution in [2.75, 3.05) is 5.32 Å². The largest absolute Gasteiger partial charge is 0.351 e. The minimum Gasteiger partial charge on any atom is -0.351 e. The number of hydrogen-bond acceptors (Lipinski definition) is 7. The van der Waals surface area contributed by atoms with Crippen LogP contribution >= 0.6 is 34.0 Å². The van der Waals surface area contributed by atoms with Crippen LogP contribution in [0.3, 0.4) is 0 Å². The van der Waals surface area contributed by atoms with Crippen molar-refractivity contribution < 1.29 is 14.4 Å². The van der Waals surface area contributed by atoms with Crippen molar-refractivity contribution in [2.24, 2.45) is 0 Å². The number of amides is 3. The molecule has 0 aromatic carbocycles. The van der Waals surface area contributed by atoms with E-state index in [1.54, 1.807) is 30.4 Å². The number of rotatable bonds is 7. The van der Waals surface area contributed by atoms with E-state index in [4.69, 9.17) is 0 Å². The van der Waals surface area contributed by atoms with E-state index in [-0.39, 0.29) is 17.7 Å². The van der Waals surface area contributed by atoms with Gasteiger partial charge in [-0.05, 0) is 37.4 Å². The molecule has 0 spiro atoms. The Morgan fingerprint density at radius 1 is 1.17 bits per heavy atom. The predicted molar refractivity (Wildman–Crippen MR) is 118 cm³/mol. The lowest BCUT2D eigenvalue weighted by Crippen LogP contribution is -2.41. The number of aryl methyl sites for hydroxylation is 1. The van der Waals surface area contributed by atoms with Crippen LogP contribution in [0.25, 0.3) is 10.6 Å². The molecule has 7 nitrogen and oxygen atoms in total. The van der Waals surface area contributed by atoms with E-state index in [1.165, 1.54) is 29.6 Å². The summed E-state index contributed by atoms with van der Waals surface area (Å²) in [5.41, 5.74) is 0.805. The second kappa shape index (κ2) is 9.29. The molecule has 1 unspecified atom stereocenters. The highest BCUT2D eigenvalue weighted by atomic mass is 32.1. The van der Waals surface area contributed by atoms with Gasteiger partial charge in [-0.1, -0.05) is 6.07 Å². The number of hydrogen-bond donors (Lipinski definition) is 3. The van der Waals surface area contributed by atoms with Crippen molar-refractivity contribution in [1.82, 2.24) is 15.6 Å². The number of thiazole rings is 1. The fourth-order valence-electron chi connectivity index (χ4n) is 2.45. The van der Waals surface area contributed by atoms with Gasteiger partial charge in [-0.15, -0.1) is 34.0 Å². The molecule has 0 fully saturated rings. The van der Waals surface area contributed by atoms with Crippen molar-refractivity contribution in [3.63, 3.8) is 0 Å². The minimum absolute atomic E-state index is 0.0740. The Morgan fingerprint density at radius 2 is 1.97 bits per heavy atom. The molecule has 3 aromatic rings. The lowest BCUT2D eigenvalue weighted by molar-refractivity contribution is -0.119. The number of carbonyl (C=O) groups is 3. The van der Waals surface area contributed by atoms with E-state index in [0.717, 1.165) is 20.3 Å². The molecule has 0 saturated carbocycles. The van der Waals surface area contributed by atoms with Gasteiger partial charge in [0, 0.05) is 16.7 Å². The standard InChI is InChI=1S/C19H20N4O3S3/c1-10(21-18(26)15-5-4-8-27-15)17(25)23-19-22-16(11(2)28-19)14-7-6-13(29-14)9-20-12(3)24/h4-8,10H,9H2,1-3H3,(H,20,24)(H,21,26)(H,22,23,25). The molecule has 1 atom stereocenters. The monoisotopic (exact) mass is 448 g/mol. The van der Waals surface area contributed by atoms with Crippen LogP contribution in [0.5, 0.6) is 0 Å². The van der Waals surface area contributed by atoms with Gasteiger partial charge in [-0.25, -0.2) is 4.98 Å². The van der Waals surface area contributed by atoms with Crippen LogP contribution in [-0.2, 0) is 16.1 Å². The van der Waals surface area contributed by atoms with Gasteiger partial charge in [0.2, 0.25) is 11.8 Å². The molecule has 0 aliphatic carbocycles. The highest BCUT2D eigenvalue weighted by Crippen LogP contribution is 2.34. The summed E-state index contributed by atoms with van der Waals surface area (Å²) in [7, 11) is 0. The summed E-state index contributed by atoms with van der Waals surface area (Å²) < 4.78 is 0. The summed E-state index contributed by atoms with van der Waals surface area (Å²) in [4.78, 5) is 43.7. The lowest BCUT2D eigenvalue weighted by Gasteiger charge is -2.12. The molecule has 0 aliphatic heterocycles. The molecule has 0 radical (unpaired) electrons. The van der Waals surface area contributed by atoms with E-state index in [9.17, 15) is 14.4 Å². The molecular formula is C19H20N4O3S3. The molecule has 3 heterocycles. The predicted octanol–water partition coefficient (Wildman–Crippen LogP) is 3.63. The van der Waals surface area contributed by atoms with E-state index < -0.39 is 6.04 Å². The number of nitrogens with zero attached hydrogens (tertiary/aromatic N) is 1. The smallest absolute Gasteiger partial charge is 0.261 e. The van der Waals surface area contributed by atoms with Gasteiger partial charge in [0.1, 0.15) is 6.04 Å². The van der Waals surface area contributed by atoms with Gasteiger partial charge in [0.25, 0.3) is 5.91 Å². The molecule has 3 aromatic heterocycles. The summed E-state index contributed by atoms with van der Waals surface area (Å²) in [5.74, 6) is -0.674. The topological polar surface area (TPSA) is 100 Å². The van der Waals surface area contributed by atoms with Gasteiger partial charge in [-0.2, -0.15) is 0 Å². The molecule has 0 saturated heterocycles. The molecule has 152 valence electrons. The van der Waals surface area contributed by atoms with Crippen LogP contribution in [0.1, 0.15) is 33.3 Å². The molecule has 0 bridgehead atoms. The Bertz CT molecular complexity index is 1020. The molecular weight excluding hydrogens is 428 g/mol. The van der Waals surface area contributed by atoms with Gasteiger partial charge in [-0.3, -0.25) is 14.4 Å². The zero-order chi connectivity index (χ0) is 21.0. The Balaban J connectivity index is 1.63. The maximum Gasteiger partial charge on any atom is 0.261 e. The average Bonchev–Trinajstić information content (AvgIpc) is 3.40. The van der Waals surface area contributed by atoms with Crippen LogP contribution in [0.2, 0.25) is 0 Å². The minimum atomic E-state index is -0.691. The first-order valence-corrected chi connectivity index (χ1v) is 11.3. The third-order valence-corrected chi connectivity index (χ3v) is 6.77. The zero-order valence-electron chi connectivity index (χ0n) is 16.1. The van der Waals surface area contributed by atoms with Crippen molar-refractivity contribution in [2.45, 2.75) is 33.4 Å². The normalized spacial score (nSPS) is 11.7. The summed E-state index contributed by atoms with van der Waals surface area (Å²) in [6.07, 6.45) is 0. The molecule has 3 amide bonds. The first-order valence-electron chi connectivity index (χ1n) is 8.79. The fraction of sp³-hybridized carbons (Fsp3) is 0.263. The SMILES string of the molecule is CC(=O)NCc1ccc(-c2nc(NC(=O)C(C)NC(=O)c3cccs3)sc2C)s1. The lowest BCUT2D eigenvalue weighted by atomic mass is 10.3. The number of anilines is 1. The third kappa shape index (κ3) is 5.49. The Hall–Kier alpha value is -2.56. The first kappa shape index (κ1) is 21.2. The number of thiophene rings is 2. The summed E-state index contributed by atoms with van der Waals surface area (Å²) >= 11 is 4.25. The van der Waals surface area contributed by atoms with Crippen LogP contribution in [0, 0.1) is 6.92 Å². The summed E-state index contributed by atoms with van der Waals surface area (Å²) in [5, 5.41) is 10.5. The maximum absolute atomic E-state index is 12.4. The van der Waals surface area contributed by atoms with Gasteiger partial charge in [0.05, 0.1) is 22.0 Å². The Labute approximate surface area is 180 Å².